The second kappa shape index (κ2) is 3.92. The molecule has 1 fully saturated rings. The van der Waals surface area contributed by atoms with Crippen molar-refractivity contribution < 1.29 is 0 Å². The fourth-order valence-corrected chi connectivity index (χ4v) is 2.82. The summed E-state index contributed by atoms with van der Waals surface area (Å²) < 4.78 is 0. The highest BCUT2D eigenvalue weighted by Crippen LogP contribution is 2.38. The number of nitrogens with two attached hydrogens (primary N) is 1. The standard InChI is InChI=1S/C12H16ClN/c1-8-3-2-4-11(13)12(8)9-5-6-10(14)7-9/h2-4,9-10H,5-7,14H2,1H3. The highest BCUT2D eigenvalue weighted by atomic mass is 35.5. The van der Waals surface area contributed by atoms with E-state index in [2.05, 4.69) is 13.0 Å². The first-order valence-corrected chi connectivity index (χ1v) is 5.57. The van der Waals surface area contributed by atoms with Crippen LogP contribution in [0.25, 0.3) is 0 Å². The van der Waals surface area contributed by atoms with Gasteiger partial charge in [0.2, 0.25) is 0 Å². The highest BCUT2D eigenvalue weighted by Gasteiger charge is 2.25. The van der Waals surface area contributed by atoms with Gasteiger partial charge in [-0.15, -0.1) is 0 Å². The SMILES string of the molecule is Cc1cccc(Cl)c1C1CCC(N)C1. The van der Waals surface area contributed by atoms with Crippen molar-refractivity contribution in [2.24, 2.45) is 5.73 Å². The molecule has 0 spiro atoms. The van der Waals surface area contributed by atoms with E-state index in [0.29, 0.717) is 12.0 Å². The molecule has 0 bridgehead atoms. The van der Waals surface area contributed by atoms with Crippen molar-refractivity contribution in [3.8, 4) is 0 Å². The maximum atomic E-state index is 6.22. The van der Waals surface area contributed by atoms with Crippen LogP contribution in [0, 0.1) is 6.92 Å². The lowest BCUT2D eigenvalue weighted by Crippen LogP contribution is -2.14. The van der Waals surface area contributed by atoms with Gasteiger partial charge in [-0.05, 0) is 49.3 Å². The molecular weight excluding hydrogens is 194 g/mol. The molecule has 2 N–H and O–H groups in total. The largest absolute Gasteiger partial charge is 0.328 e. The topological polar surface area (TPSA) is 26.0 Å². The zero-order valence-electron chi connectivity index (χ0n) is 8.46. The zero-order valence-corrected chi connectivity index (χ0v) is 9.22. The van der Waals surface area contributed by atoms with Crippen molar-refractivity contribution in [3.05, 3.63) is 34.3 Å². The number of aryl methyl sites for hydroxylation is 1. The van der Waals surface area contributed by atoms with Gasteiger partial charge in [0.15, 0.2) is 0 Å². The summed E-state index contributed by atoms with van der Waals surface area (Å²) in [5.74, 6) is 0.582. The molecule has 0 heterocycles. The molecule has 14 heavy (non-hydrogen) atoms. The van der Waals surface area contributed by atoms with Crippen LogP contribution in [0.1, 0.15) is 36.3 Å². The van der Waals surface area contributed by atoms with Crippen LogP contribution in [-0.4, -0.2) is 6.04 Å². The maximum Gasteiger partial charge on any atom is 0.0443 e. The molecule has 2 unspecified atom stereocenters. The van der Waals surface area contributed by atoms with E-state index >= 15 is 0 Å². The molecule has 0 aliphatic heterocycles. The van der Waals surface area contributed by atoms with E-state index in [1.54, 1.807) is 0 Å². The minimum absolute atomic E-state index is 0.371. The summed E-state index contributed by atoms with van der Waals surface area (Å²) in [4.78, 5) is 0. The Labute approximate surface area is 90.3 Å². The van der Waals surface area contributed by atoms with Crippen molar-refractivity contribution in [1.82, 2.24) is 0 Å². The lowest BCUT2D eigenvalue weighted by Gasteiger charge is -2.14. The number of hydrogen-bond acceptors (Lipinski definition) is 1. The monoisotopic (exact) mass is 209 g/mol. The molecule has 2 heteroatoms. The van der Waals surface area contributed by atoms with E-state index < -0.39 is 0 Å². The fourth-order valence-electron chi connectivity index (χ4n) is 2.44. The summed E-state index contributed by atoms with van der Waals surface area (Å²) in [5, 5.41) is 0.907. The van der Waals surface area contributed by atoms with Gasteiger partial charge in [0.1, 0.15) is 0 Å². The average Bonchev–Trinajstić information content (AvgIpc) is 2.51. The Bertz CT molecular complexity index is 315. The fraction of sp³-hybridized carbons (Fsp3) is 0.500. The third kappa shape index (κ3) is 1.79. The van der Waals surface area contributed by atoms with Gasteiger partial charge in [-0.1, -0.05) is 23.7 Å². The third-order valence-corrected chi connectivity index (χ3v) is 3.48. The summed E-state index contributed by atoms with van der Waals surface area (Å²) >= 11 is 6.22. The molecule has 1 saturated carbocycles. The summed E-state index contributed by atoms with van der Waals surface area (Å²) in [7, 11) is 0. The maximum absolute atomic E-state index is 6.22. The van der Waals surface area contributed by atoms with Crippen LogP contribution in [0.5, 0.6) is 0 Å². The predicted molar refractivity (Wildman–Crippen MR) is 60.8 cm³/mol. The number of rotatable bonds is 1. The van der Waals surface area contributed by atoms with Crippen LogP contribution in [-0.2, 0) is 0 Å². The number of halogens is 1. The molecule has 1 aromatic rings. The predicted octanol–water partition coefficient (Wildman–Crippen LogP) is 3.24. The summed E-state index contributed by atoms with van der Waals surface area (Å²) in [6, 6.07) is 6.49. The van der Waals surface area contributed by atoms with Gasteiger partial charge in [-0.3, -0.25) is 0 Å². The molecule has 1 aliphatic carbocycles. The Morgan fingerprint density at radius 3 is 2.71 bits per heavy atom. The Hall–Kier alpha value is -0.530. The molecule has 0 saturated heterocycles. The lowest BCUT2D eigenvalue weighted by atomic mass is 9.93. The van der Waals surface area contributed by atoms with E-state index in [9.17, 15) is 0 Å². The van der Waals surface area contributed by atoms with Crippen molar-refractivity contribution >= 4 is 11.6 Å². The Morgan fingerprint density at radius 2 is 2.14 bits per heavy atom. The summed E-state index contributed by atoms with van der Waals surface area (Å²) in [6.45, 7) is 2.13. The first-order valence-electron chi connectivity index (χ1n) is 5.19. The van der Waals surface area contributed by atoms with Crippen LogP contribution in [0.2, 0.25) is 5.02 Å². The highest BCUT2D eigenvalue weighted by molar-refractivity contribution is 6.31. The van der Waals surface area contributed by atoms with Gasteiger partial charge >= 0.3 is 0 Å². The van der Waals surface area contributed by atoms with Crippen molar-refractivity contribution in [1.29, 1.82) is 0 Å². The molecule has 0 amide bonds. The van der Waals surface area contributed by atoms with Gasteiger partial charge in [0, 0.05) is 11.1 Å². The van der Waals surface area contributed by atoms with Crippen LogP contribution in [0.4, 0.5) is 0 Å². The van der Waals surface area contributed by atoms with Gasteiger partial charge in [-0.25, -0.2) is 0 Å². The smallest absolute Gasteiger partial charge is 0.0443 e. The Balaban J connectivity index is 2.31. The van der Waals surface area contributed by atoms with Crippen LogP contribution < -0.4 is 5.73 Å². The van der Waals surface area contributed by atoms with E-state index in [4.69, 9.17) is 17.3 Å². The molecule has 1 aliphatic rings. The van der Waals surface area contributed by atoms with E-state index in [1.807, 2.05) is 12.1 Å². The van der Waals surface area contributed by atoms with Crippen molar-refractivity contribution in [2.75, 3.05) is 0 Å². The van der Waals surface area contributed by atoms with Crippen LogP contribution in [0.3, 0.4) is 0 Å². The van der Waals surface area contributed by atoms with E-state index in [0.717, 1.165) is 17.9 Å². The minimum Gasteiger partial charge on any atom is -0.328 e. The third-order valence-electron chi connectivity index (χ3n) is 3.15. The minimum atomic E-state index is 0.371. The molecule has 2 rings (SSSR count). The first-order chi connectivity index (χ1) is 6.68. The molecule has 0 aromatic heterocycles. The number of hydrogen-bond donors (Lipinski definition) is 1. The van der Waals surface area contributed by atoms with Gasteiger partial charge < -0.3 is 5.73 Å². The average molecular weight is 210 g/mol. The Kier molecular flexibility index (Phi) is 2.80. The van der Waals surface area contributed by atoms with E-state index in [1.165, 1.54) is 17.5 Å². The van der Waals surface area contributed by atoms with Crippen LogP contribution in [0.15, 0.2) is 18.2 Å². The van der Waals surface area contributed by atoms with Crippen LogP contribution >= 0.6 is 11.6 Å². The number of benzene rings is 1. The lowest BCUT2D eigenvalue weighted by molar-refractivity contribution is 0.672. The Morgan fingerprint density at radius 1 is 1.36 bits per heavy atom. The quantitative estimate of drug-likeness (QED) is 0.755. The molecule has 0 radical (unpaired) electrons. The van der Waals surface area contributed by atoms with Crippen molar-refractivity contribution in [3.63, 3.8) is 0 Å². The summed E-state index contributed by atoms with van der Waals surface area (Å²) in [6.07, 6.45) is 3.41. The normalized spacial score (nSPS) is 26.8. The van der Waals surface area contributed by atoms with Crippen molar-refractivity contribution in [2.45, 2.75) is 38.1 Å². The van der Waals surface area contributed by atoms with Gasteiger partial charge in [0.05, 0.1) is 0 Å². The second-order valence-corrected chi connectivity index (χ2v) is 4.65. The van der Waals surface area contributed by atoms with Gasteiger partial charge in [0.25, 0.3) is 0 Å². The first kappa shape index (κ1) is 10.0. The van der Waals surface area contributed by atoms with E-state index in [-0.39, 0.29) is 0 Å². The zero-order chi connectivity index (χ0) is 10.1. The second-order valence-electron chi connectivity index (χ2n) is 4.24. The summed E-state index contributed by atoms with van der Waals surface area (Å²) in [5.41, 5.74) is 8.54. The molecular formula is C12H16ClN. The molecule has 2 atom stereocenters. The molecule has 1 nitrogen and oxygen atoms in total. The molecule has 76 valence electrons. The van der Waals surface area contributed by atoms with Gasteiger partial charge in [-0.2, -0.15) is 0 Å². The molecule has 1 aromatic carbocycles.